The fourth-order valence-electron chi connectivity index (χ4n) is 9.50. The molecule has 7 aromatic rings. The number of aliphatic hydroxyl groups is 1. The predicted octanol–water partition coefficient (Wildman–Crippen LogP) is 8.68. The molecule has 0 bridgehead atoms. The van der Waals surface area contributed by atoms with Gasteiger partial charge in [0.05, 0.1) is 115 Å². The minimum atomic E-state index is -0.336. The van der Waals surface area contributed by atoms with Crippen molar-refractivity contribution >= 4 is 57.1 Å². The van der Waals surface area contributed by atoms with Gasteiger partial charge < -0.3 is 78.2 Å². The number of fused-ring (bicyclic) bond motifs is 2. The number of amides is 1. The van der Waals surface area contributed by atoms with E-state index in [1.807, 2.05) is 94.2 Å². The van der Waals surface area contributed by atoms with Gasteiger partial charge in [0.2, 0.25) is 17.7 Å². The largest absolute Gasteiger partial charge is 0.494 e. The molecule has 23 heteroatoms. The van der Waals surface area contributed by atoms with Crippen LogP contribution >= 0.6 is 0 Å². The summed E-state index contributed by atoms with van der Waals surface area (Å²) in [6.07, 6.45) is 11.1. The maximum atomic E-state index is 12.6. The SMILES string of the molecule is C=CC(=O)Nc1cc(Nc2nccc(-c3cn(C)c4ccccc34)n2)c(OC)cc1N(C)CCN(C)CCOCCOCCOCCOCCOCCOCCOc1ccc(CNc2cc(N(CC)C(CC)CCO)nc3c(CC)cnn23)cn1.CC. The van der Waals surface area contributed by atoms with Gasteiger partial charge in [0.25, 0.3) is 0 Å². The second-order valence-electron chi connectivity index (χ2n) is 20.0. The van der Waals surface area contributed by atoms with Crippen LogP contribution in [0.2, 0.25) is 0 Å². The van der Waals surface area contributed by atoms with Crippen LogP contribution in [-0.2, 0) is 53.2 Å². The van der Waals surface area contributed by atoms with E-state index >= 15 is 0 Å². The average Bonchev–Trinajstić information content (AvgIpc) is 2.69. The van der Waals surface area contributed by atoms with Crippen molar-refractivity contribution in [3.8, 4) is 22.9 Å². The molecule has 0 spiro atoms. The van der Waals surface area contributed by atoms with E-state index in [0.29, 0.717) is 134 Å². The highest BCUT2D eigenvalue weighted by Crippen LogP contribution is 2.38. The molecule has 0 radical (unpaired) electrons. The van der Waals surface area contributed by atoms with Gasteiger partial charge in [-0.2, -0.15) is 9.61 Å². The molecule has 23 nitrogen and oxygen atoms in total. The zero-order valence-corrected chi connectivity index (χ0v) is 52.6. The number of rotatable bonds is 42. The van der Waals surface area contributed by atoms with E-state index in [0.717, 1.165) is 88.7 Å². The Morgan fingerprint density at radius 3 is 2.08 bits per heavy atom. The molecule has 0 aliphatic rings. The summed E-state index contributed by atoms with van der Waals surface area (Å²) in [4.78, 5) is 38.0. The number of aromatic nitrogens is 7. The Morgan fingerprint density at radius 1 is 0.782 bits per heavy atom. The summed E-state index contributed by atoms with van der Waals surface area (Å²) in [6, 6.07) is 19.9. The Morgan fingerprint density at radius 2 is 1.46 bits per heavy atom. The summed E-state index contributed by atoms with van der Waals surface area (Å²) in [5.74, 6) is 2.83. The minimum Gasteiger partial charge on any atom is -0.494 e. The molecule has 0 fully saturated rings. The molecule has 0 aliphatic heterocycles. The van der Waals surface area contributed by atoms with Crippen molar-refractivity contribution in [2.45, 2.75) is 66.5 Å². The standard InChI is InChI=1S/C62H87N13O10.C2H6/c1-9-47-44-66-75-57(41-58(70-61(47)75)74(12-4)48(10-2)20-25-76)64-42-46-17-18-60(65-43-46)85-38-37-84-36-35-83-34-33-82-32-31-81-30-29-80-28-27-79-26-24-71(5)22-23-72(6)55-40-56(78-8)53(39-52(55)67-59(77)11-3)69-62-63-21-19-51(68-62)50-45-73(7)54-16-14-13-15-49(50)54;1-2/h11,13-19,21,39-41,43-45,48,64,76H,3,9-10,12,20,22-38,42H2,1-2,4-8H3,(H,67,77)(H,63,68,69);1-2H3. The molecule has 1 atom stereocenters. The Bertz CT molecular complexity index is 3120. The molecule has 5 heterocycles. The lowest BCUT2D eigenvalue weighted by Crippen LogP contribution is -2.36. The molecular formula is C64H93N13O10. The average molecular weight is 1200 g/mol. The molecule has 4 N–H and O–H groups in total. The first-order chi connectivity index (χ1) is 42.6. The van der Waals surface area contributed by atoms with E-state index in [4.69, 9.17) is 47.9 Å². The number of pyridine rings is 1. The number of para-hydroxylation sites is 1. The van der Waals surface area contributed by atoms with Gasteiger partial charge in [0.15, 0.2) is 5.65 Å². The van der Waals surface area contributed by atoms with Crippen LogP contribution in [0.5, 0.6) is 11.6 Å². The molecule has 0 saturated carbocycles. The summed E-state index contributed by atoms with van der Waals surface area (Å²) in [5, 5.41) is 25.2. The Hall–Kier alpha value is -7.48. The number of nitrogens with zero attached hydrogens (tertiary/aromatic N) is 10. The minimum absolute atomic E-state index is 0.133. The quantitative estimate of drug-likeness (QED) is 0.0207. The molecule has 7 rings (SSSR count). The molecule has 0 aliphatic carbocycles. The molecule has 474 valence electrons. The van der Waals surface area contributed by atoms with Crippen molar-refractivity contribution in [3.63, 3.8) is 0 Å². The van der Waals surface area contributed by atoms with Gasteiger partial charge in [-0.05, 0) is 63.1 Å². The van der Waals surface area contributed by atoms with Gasteiger partial charge in [0, 0.05) is 118 Å². The second kappa shape index (κ2) is 37.9. The highest BCUT2D eigenvalue weighted by atomic mass is 16.6. The second-order valence-corrected chi connectivity index (χ2v) is 20.0. The van der Waals surface area contributed by atoms with Crippen LogP contribution in [0.25, 0.3) is 27.8 Å². The van der Waals surface area contributed by atoms with Gasteiger partial charge in [-0.3, -0.25) is 4.79 Å². The zero-order valence-electron chi connectivity index (χ0n) is 52.6. The van der Waals surface area contributed by atoms with Gasteiger partial charge in [-0.25, -0.2) is 19.9 Å². The number of nitrogens with one attached hydrogen (secondary N) is 3. The van der Waals surface area contributed by atoms with Crippen molar-refractivity contribution in [1.82, 2.24) is 39.0 Å². The number of hydrogen-bond donors (Lipinski definition) is 4. The van der Waals surface area contributed by atoms with Gasteiger partial charge in [0.1, 0.15) is 24.0 Å². The summed E-state index contributed by atoms with van der Waals surface area (Å²) in [5.41, 5.74) is 7.71. The monoisotopic (exact) mass is 1200 g/mol. The number of benzene rings is 2. The Kier molecular flexibility index (Phi) is 29.9. The van der Waals surface area contributed by atoms with Crippen LogP contribution in [0.15, 0.2) is 98.1 Å². The van der Waals surface area contributed by atoms with Crippen LogP contribution in [-0.4, -0.2) is 196 Å². The number of carbonyl (C=O) groups excluding carboxylic acids is 1. The number of ether oxygens (including phenoxy) is 8. The van der Waals surface area contributed by atoms with Crippen molar-refractivity contribution in [3.05, 3.63) is 109 Å². The lowest BCUT2D eigenvalue weighted by molar-refractivity contribution is -0.111. The van der Waals surface area contributed by atoms with Gasteiger partial charge in [-0.1, -0.05) is 58.5 Å². The molecule has 5 aromatic heterocycles. The van der Waals surface area contributed by atoms with Crippen molar-refractivity contribution < 1.29 is 47.8 Å². The third-order valence-electron chi connectivity index (χ3n) is 14.2. The number of anilines is 6. The van der Waals surface area contributed by atoms with Crippen LogP contribution in [0, 0.1) is 0 Å². The lowest BCUT2D eigenvalue weighted by Gasteiger charge is -2.31. The summed E-state index contributed by atoms with van der Waals surface area (Å²) in [6.45, 7) is 23.5. The zero-order chi connectivity index (χ0) is 62.2. The number of methoxy groups -OCH3 is 1. The predicted molar refractivity (Wildman–Crippen MR) is 344 cm³/mol. The van der Waals surface area contributed by atoms with Crippen molar-refractivity contribution in [2.24, 2.45) is 7.05 Å². The van der Waals surface area contributed by atoms with E-state index in [9.17, 15) is 9.90 Å². The van der Waals surface area contributed by atoms with Crippen molar-refractivity contribution in [2.75, 3.05) is 166 Å². The highest BCUT2D eigenvalue weighted by molar-refractivity contribution is 6.02. The first-order valence-electron chi connectivity index (χ1n) is 30.3. The molecular weight excluding hydrogens is 1110 g/mol. The number of carbonyl (C=O) groups is 1. The van der Waals surface area contributed by atoms with Gasteiger partial charge in [-0.15, -0.1) is 0 Å². The number of aryl methyl sites for hydroxylation is 2. The van der Waals surface area contributed by atoms with Crippen LogP contribution in [0.4, 0.5) is 34.6 Å². The normalized spacial score (nSPS) is 11.6. The van der Waals surface area contributed by atoms with E-state index in [2.05, 4.69) is 96.0 Å². The Labute approximate surface area is 513 Å². The van der Waals surface area contributed by atoms with Crippen LogP contribution in [0.1, 0.15) is 58.6 Å². The first kappa shape index (κ1) is 68.6. The molecule has 2 aromatic carbocycles. The molecule has 87 heavy (non-hydrogen) atoms. The third kappa shape index (κ3) is 21.1. The van der Waals surface area contributed by atoms with E-state index in [-0.39, 0.29) is 18.6 Å². The smallest absolute Gasteiger partial charge is 0.247 e. The maximum Gasteiger partial charge on any atom is 0.247 e. The fourth-order valence-corrected chi connectivity index (χ4v) is 9.50. The number of hydrogen-bond acceptors (Lipinski definition) is 20. The lowest BCUT2D eigenvalue weighted by atomic mass is 10.1. The van der Waals surface area contributed by atoms with Gasteiger partial charge >= 0.3 is 0 Å². The topological polar surface area (TPSA) is 231 Å². The molecule has 0 saturated heterocycles. The third-order valence-corrected chi connectivity index (χ3v) is 14.2. The first-order valence-corrected chi connectivity index (χ1v) is 30.3. The maximum absolute atomic E-state index is 12.6. The molecule has 1 unspecified atom stereocenters. The van der Waals surface area contributed by atoms with E-state index in [1.54, 1.807) is 19.5 Å². The Balaban J connectivity index is 0.00000598. The summed E-state index contributed by atoms with van der Waals surface area (Å²) in [7, 11) is 7.64. The van der Waals surface area contributed by atoms with Crippen LogP contribution < -0.4 is 35.2 Å². The summed E-state index contributed by atoms with van der Waals surface area (Å²) >= 11 is 0. The number of aliphatic hydroxyl groups excluding tert-OH is 1. The van der Waals surface area contributed by atoms with Crippen molar-refractivity contribution in [1.29, 1.82) is 0 Å². The van der Waals surface area contributed by atoms with E-state index in [1.165, 1.54) is 6.08 Å². The van der Waals surface area contributed by atoms with E-state index < -0.39 is 0 Å². The molecule has 1 amide bonds. The summed E-state index contributed by atoms with van der Waals surface area (Å²) < 4.78 is 49.6. The highest BCUT2D eigenvalue weighted by Gasteiger charge is 2.21. The fraction of sp³-hybridized carbons (Fsp3) is 0.500. The number of likely N-dealkylation sites (N-methyl/N-ethyl adjacent to an activating group) is 2. The van der Waals surface area contributed by atoms with Crippen LogP contribution in [0.3, 0.4) is 0 Å².